The van der Waals surface area contributed by atoms with E-state index in [9.17, 15) is 8.42 Å². The molecular formula is C15H22ClNO3S. The first-order chi connectivity index (χ1) is 9.78. The Morgan fingerprint density at radius 1 is 1.29 bits per heavy atom. The molecule has 0 aliphatic heterocycles. The third-order valence-electron chi connectivity index (χ3n) is 3.04. The Morgan fingerprint density at radius 3 is 2.43 bits per heavy atom. The Bertz CT molecular complexity index is 553. The van der Waals surface area contributed by atoms with E-state index in [4.69, 9.17) is 16.2 Å². The van der Waals surface area contributed by atoms with Crippen LogP contribution in [0.4, 0.5) is 0 Å². The number of rotatable bonds is 8. The van der Waals surface area contributed by atoms with Gasteiger partial charge in [-0.15, -0.1) is 0 Å². The predicted molar refractivity (Wildman–Crippen MR) is 88.1 cm³/mol. The van der Waals surface area contributed by atoms with Gasteiger partial charge in [-0.25, -0.2) is 0 Å². The third kappa shape index (κ3) is 8.21. The van der Waals surface area contributed by atoms with Crippen LogP contribution in [0.5, 0.6) is 0 Å². The molecule has 0 aliphatic rings. The molecule has 0 fully saturated rings. The molecule has 6 heteroatoms. The lowest BCUT2D eigenvalue weighted by molar-refractivity contribution is 0.456. The number of hydrogen-bond donors (Lipinski definition) is 2. The van der Waals surface area contributed by atoms with Gasteiger partial charge in [0.2, 0.25) is 0 Å². The fourth-order valence-electron chi connectivity index (χ4n) is 1.84. The summed E-state index contributed by atoms with van der Waals surface area (Å²) in [6.45, 7) is 4.72. The second kappa shape index (κ2) is 8.54. The fraction of sp³-hybridized carbons (Fsp3) is 0.467. The van der Waals surface area contributed by atoms with E-state index in [0.29, 0.717) is 23.9 Å². The van der Waals surface area contributed by atoms with Gasteiger partial charge in [0.1, 0.15) is 0 Å². The summed E-state index contributed by atoms with van der Waals surface area (Å²) in [5.41, 5.74) is 1.06. The van der Waals surface area contributed by atoms with E-state index in [1.54, 1.807) is 0 Å². The molecule has 118 valence electrons. The molecule has 0 amide bonds. The lowest BCUT2D eigenvalue weighted by Gasteiger charge is -2.18. The number of halogens is 1. The lowest BCUT2D eigenvalue weighted by Crippen LogP contribution is -2.33. The van der Waals surface area contributed by atoms with Crippen LogP contribution in [0.25, 0.3) is 6.08 Å². The molecule has 0 heterocycles. The first-order valence-electron chi connectivity index (χ1n) is 6.90. The van der Waals surface area contributed by atoms with Crippen LogP contribution in [-0.4, -0.2) is 31.3 Å². The second-order valence-electron chi connectivity index (χ2n) is 5.27. The van der Waals surface area contributed by atoms with E-state index in [2.05, 4.69) is 25.2 Å². The maximum Gasteiger partial charge on any atom is 0.264 e. The van der Waals surface area contributed by atoms with Crippen LogP contribution in [-0.2, 0) is 10.1 Å². The zero-order chi connectivity index (χ0) is 15.9. The predicted octanol–water partition coefficient (Wildman–Crippen LogP) is 3.25. The number of nitrogens with one attached hydrogen (secondary N) is 1. The first-order valence-corrected chi connectivity index (χ1v) is 8.89. The van der Waals surface area contributed by atoms with Crippen molar-refractivity contribution < 1.29 is 13.0 Å². The maximum absolute atomic E-state index is 10.7. The van der Waals surface area contributed by atoms with Crippen LogP contribution in [0.2, 0.25) is 5.02 Å². The SMILES string of the molecule is CC(C)[C@H](C=Cc1ccc(Cl)cc1)NCCCS(=O)(=O)O. The normalized spacial score (nSPS) is 14.0. The third-order valence-corrected chi connectivity index (χ3v) is 4.10. The molecule has 0 spiro atoms. The van der Waals surface area contributed by atoms with Crippen molar-refractivity contribution in [3.63, 3.8) is 0 Å². The summed E-state index contributed by atoms with van der Waals surface area (Å²) in [6.07, 6.45) is 4.45. The molecule has 1 rings (SSSR count). The zero-order valence-corrected chi connectivity index (χ0v) is 13.9. The van der Waals surface area contributed by atoms with Gasteiger partial charge in [0.15, 0.2) is 0 Å². The number of hydrogen-bond acceptors (Lipinski definition) is 3. The van der Waals surface area contributed by atoms with Gasteiger partial charge in [-0.3, -0.25) is 4.55 Å². The molecule has 0 bridgehead atoms. The molecule has 0 saturated carbocycles. The molecule has 1 atom stereocenters. The topological polar surface area (TPSA) is 66.4 Å². The van der Waals surface area contributed by atoms with Crippen molar-refractivity contribution in [2.24, 2.45) is 5.92 Å². The highest BCUT2D eigenvalue weighted by molar-refractivity contribution is 7.85. The van der Waals surface area contributed by atoms with Crippen molar-refractivity contribution >= 4 is 27.8 Å². The van der Waals surface area contributed by atoms with Gasteiger partial charge in [-0.2, -0.15) is 8.42 Å². The summed E-state index contributed by atoms with van der Waals surface area (Å²) < 4.78 is 30.0. The fourth-order valence-corrected chi connectivity index (χ4v) is 2.47. The van der Waals surface area contributed by atoms with E-state index in [1.165, 1.54) is 0 Å². The Morgan fingerprint density at radius 2 is 1.90 bits per heavy atom. The van der Waals surface area contributed by atoms with Crippen LogP contribution in [0.1, 0.15) is 25.8 Å². The summed E-state index contributed by atoms with van der Waals surface area (Å²) in [4.78, 5) is 0. The molecular weight excluding hydrogens is 310 g/mol. The van der Waals surface area contributed by atoms with Gasteiger partial charge in [0.25, 0.3) is 10.1 Å². The Labute approximate surface area is 132 Å². The lowest BCUT2D eigenvalue weighted by atomic mass is 10.0. The van der Waals surface area contributed by atoms with Crippen LogP contribution in [0, 0.1) is 5.92 Å². The molecule has 0 radical (unpaired) electrons. The summed E-state index contributed by atoms with van der Waals surface area (Å²) in [5, 5.41) is 3.99. The van der Waals surface area contributed by atoms with Crippen molar-refractivity contribution in [1.29, 1.82) is 0 Å². The van der Waals surface area contributed by atoms with Gasteiger partial charge >= 0.3 is 0 Å². The van der Waals surface area contributed by atoms with Gasteiger partial charge in [-0.05, 0) is 36.6 Å². The monoisotopic (exact) mass is 331 g/mol. The molecule has 0 unspecified atom stereocenters. The minimum Gasteiger partial charge on any atom is -0.310 e. The standard InChI is InChI=1S/C15H22ClNO3S/c1-12(2)15(17-10-3-11-21(18,19)20)9-6-13-4-7-14(16)8-5-13/h4-9,12,15,17H,3,10-11H2,1-2H3,(H,18,19,20)/t15-/m0/s1. The summed E-state index contributed by atoms with van der Waals surface area (Å²) in [5.74, 6) is 0.158. The molecule has 0 saturated heterocycles. The van der Waals surface area contributed by atoms with Gasteiger partial charge in [0.05, 0.1) is 5.75 Å². The van der Waals surface area contributed by atoms with Crippen LogP contribution < -0.4 is 5.32 Å². The van der Waals surface area contributed by atoms with Crippen molar-refractivity contribution in [2.45, 2.75) is 26.3 Å². The van der Waals surface area contributed by atoms with E-state index >= 15 is 0 Å². The molecule has 2 N–H and O–H groups in total. The minimum absolute atomic E-state index is 0.141. The van der Waals surface area contributed by atoms with Crippen LogP contribution in [0.3, 0.4) is 0 Å². The highest BCUT2D eigenvalue weighted by Crippen LogP contribution is 2.12. The largest absolute Gasteiger partial charge is 0.310 e. The molecule has 4 nitrogen and oxygen atoms in total. The smallest absolute Gasteiger partial charge is 0.264 e. The van der Waals surface area contributed by atoms with Crippen molar-refractivity contribution in [2.75, 3.05) is 12.3 Å². The average Bonchev–Trinajstić information content (AvgIpc) is 2.38. The summed E-state index contributed by atoms with van der Waals surface area (Å²) >= 11 is 5.84. The van der Waals surface area contributed by atoms with Crippen molar-refractivity contribution in [1.82, 2.24) is 5.32 Å². The Hall–Kier alpha value is -0.880. The van der Waals surface area contributed by atoms with Gasteiger partial charge < -0.3 is 5.32 Å². The van der Waals surface area contributed by atoms with E-state index in [0.717, 1.165) is 5.56 Å². The van der Waals surface area contributed by atoms with Crippen molar-refractivity contribution in [3.8, 4) is 0 Å². The van der Waals surface area contributed by atoms with E-state index in [1.807, 2.05) is 30.3 Å². The molecule has 0 aromatic heterocycles. The highest BCUT2D eigenvalue weighted by Gasteiger charge is 2.10. The maximum atomic E-state index is 10.7. The Balaban J connectivity index is 2.51. The van der Waals surface area contributed by atoms with E-state index in [-0.39, 0.29) is 11.8 Å². The first kappa shape index (κ1) is 18.2. The highest BCUT2D eigenvalue weighted by atomic mass is 35.5. The van der Waals surface area contributed by atoms with Crippen LogP contribution >= 0.6 is 11.6 Å². The average molecular weight is 332 g/mol. The molecule has 1 aromatic rings. The van der Waals surface area contributed by atoms with Crippen LogP contribution in [0.15, 0.2) is 30.3 Å². The minimum atomic E-state index is -3.87. The van der Waals surface area contributed by atoms with Crippen molar-refractivity contribution in [3.05, 3.63) is 40.9 Å². The Kier molecular flexibility index (Phi) is 7.39. The molecule has 0 aliphatic carbocycles. The number of benzene rings is 1. The second-order valence-corrected chi connectivity index (χ2v) is 7.28. The quantitative estimate of drug-likeness (QED) is 0.567. The van der Waals surface area contributed by atoms with Gasteiger partial charge in [-0.1, -0.05) is 49.7 Å². The molecule has 1 aromatic carbocycles. The van der Waals surface area contributed by atoms with E-state index < -0.39 is 10.1 Å². The zero-order valence-electron chi connectivity index (χ0n) is 12.3. The van der Waals surface area contributed by atoms with Gasteiger partial charge in [0, 0.05) is 11.1 Å². The summed E-state index contributed by atoms with van der Waals surface area (Å²) in [7, 11) is -3.87. The summed E-state index contributed by atoms with van der Waals surface area (Å²) in [6, 6.07) is 7.70. The molecule has 21 heavy (non-hydrogen) atoms.